The third-order valence-electron chi connectivity index (χ3n) is 1.65. The first-order valence-electron chi connectivity index (χ1n) is 3.60. The second kappa shape index (κ2) is 5.10. The lowest BCUT2D eigenvalue weighted by Gasteiger charge is -2.10. The molecule has 0 aromatic rings. The van der Waals surface area contributed by atoms with Crippen molar-refractivity contribution >= 4 is 16.8 Å². The highest BCUT2D eigenvalue weighted by atomic mass is 32.2. The van der Waals surface area contributed by atoms with Crippen LogP contribution >= 0.6 is 0 Å². The van der Waals surface area contributed by atoms with Gasteiger partial charge in [0.1, 0.15) is 0 Å². The van der Waals surface area contributed by atoms with E-state index in [0.29, 0.717) is 13.0 Å². The van der Waals surface area contributed by atoms with Crippen molar-refractivity contribution in [1.29, 1.82) is 0 Å². The van der Waals surface area contributed by atoms with Gasteiger partial charge in [-0.25, -0.2) is 12.7 Å². The number of thiol groups is 1. The van der Waals surface area contributed by atoms with Gasteiger partial charge in [0.15, 0.2) is 0 Å². The Hall–Kier alpha value is -0.620. The van der Waals surface area contributed by atoms with E-state index in [2.05, 4.69) is 0 Å². The monoisotopic (exact) mass is 194 g/mol. The van der Waals surface area contributed by atoms with E-state index in [1.165, 1.54) is 7.05 Å². The molecule has 0 saturated heterocycles. The van der Waals surface area contributed by atoms with Crippen molar-refractivity contribution in [1.82, 2.24) is 4.31 Å². The quantitative estimate of drug-likeness (QED) is 0.548. The first kappa shape index (κ1) is 11.4. The van der Waals surface area contributed by atoms with Crippen LogP contribution in [0.25, 0.3) is 0 Å². The number of nitrogens with zero attached hydrogens (tertiary/aromatic N) is 1. The summed E-state index contributed by atoms with van der Waals surface area (Å²) < 4.78 is 21.8. The summed E-state index contributed by atoms with van der Waals surface area (Å²) in [6, 6.07) is 0. The van der Waals surface area contributed by atoms with Gasteiger partial charge in [-0.15, -0.1) is 0 Å². The predicted molar refractivity (Wildman–Crippen MR) is 45.9 cm³/mol. The molecule has 0 spiro atoms. The molecule has 0 aromatic heterocycles. The van der Waals surface area contributed by atoms with Gasteiger partial charge in [-0.3, -0.25) is 4.79 Å². The molecule has 0 saturated carbocycles. The zero-order valence-electron chi connectivity index (χ0n) is 7.19. The molecule has 6 heteroatoms. The largest absolute Gasteiger partial charge is 0.369 e. The van der Waals surface area contributed by atoms with E-state index >= 15 is 0 Å². The van der Waals surface area contributed by atoms with Crippen LogP contribution in [-0.2, 0) is 15.7 Å². The van der Waals surface area contributed by atoms with Crippen molar-refractivity contribution in [3.05, 3.63) is 0 Å². The highest BCUT2D eigenvalue weighted by molar-refractivity contribution is 7.69. The number of nitrogens with two attached hydrogens (primary N) is 1. The fourth-order valence-corrected chi connectivity index (χ4v) is 0.883. The van der Waals surface area contributed by atoms with Crippen LogP contribution in [0.1, 0.15) is 13.3 Å². The molecule has 72 valence electrons. The molecule has 1 atom stereocenters. The van der Waals surface area contributed by atoms with E-state index < -0.39 is 16.8 Å². The van der Waals surface area contributed by atoms with E-state index in [0.717, 1.165) is 4.31 Å². The van der Waals surface area contributed by atoms with Crippen LogP contribution in [0, 0.1) is 5.92 Å². The number of primary amides is 1. The minimum absolute atomic E-state index is 0.276. The second-order valence-corrected chi connectivity index (χ2v) is 3.87. The maximum Gasteiger partial charge on any atom is 0.220 e. The van der Waals surface area contributed by atoms with Gasteiger partial charge in [-0.2, -0.15) is 0 Å². The SMILES string of the molecule is CC(CCN(C)[SH](=O)=O)C(N)=O. The zero-order valence-corrected chi connectivity index (χ0v) is 8.08. The van der Waals surface area contributed by atoms with Crippen LogP contribution in [0.2, 0.25) is 0 Å². The van der Waals surface area contributed by atoms with Crippen LogP contribution in [0.4, 0.5) is 0 Å². The van der Waals surface area contributed by atoms with Gasteiger partial charge < -0.3 is 5.73 Å². The first-order chi connectivity index (χ1) is 5.45. The molecule has 2 N–H and O–H groups in total. The topological polar surface area (TPSA) is 80.5 Å². The summed E-state index contributed by atoms with van der Waals surface area (Å²) in [4.78, 5) is 10.5. The van der Waals surface area contributed by atoms with Crippen molar-refractivity contribution in [2.45, 2.75) is 13.3 Å². The molecule has 0 rings (SSSR count). The summed E-state index contributed by atoms with van der Waals surface area (Å²) in [6.45, 7) is 2.01. The number of hydrogen-bond acceptors (Lipinski definition) is 3. The number of carbonyl (C=O) groups excluding carboxylic acids is 1. The van der Waals surface area contributed by atoms with Gasteiger partial charge in [0.2, 0.25) is 16.8 Å². The third kappa shape index (κ3) is 4.30. The Morgan fingerprint density at radius 1 is 1.58 bits per heavy atom. The Morgan fingerprint density at radius 2 is 2.08 bits per heavy atom. The van der Waals surface area contributed by atoms with E-state index in [1.54, 1.807) is 6.92 Å². The normalized spacial score (nSPS) is 13.7. The fourth-order valence-electron chi connectivity index (χ4n) is 0.604. The minimum Gasteiger partial charge on any atom is -0.369 e. The average molecular weight is 194 g/mol. The maximum atomic E-state index is 10.5. The van der Waals surface area contributed by atoms with Crippen molar-refractivity contribution < 1.29 is 13.2 Å². The standard InChI is InChI=1S/C6H14N2O3S/c1-5(6(7)9)3-4-8(2)12(10)11/h5,12H,3-4H2,1-2H3,(H2,7,9). The minimum atomic E-state index is -2.53. The van der Waals surface area contributed by atoms with Crippen LogP contribution < -0.4 is 5.73 Å². The molecule has 0 aliphatic rings. The third-order valence-corrected chi connectivity index (χ3v) is 2.41. The molecule has 1 amide bonds. The Labute approximate surface area is 73.6 Å². The molecule has 0 fully saturated rings. The Kier molecular flexibility index (Phi) is 4.84. The highest BCUT2D eigenvalue weighted by Crippen LogP contribution is 2.01. The van der Waals surface area contributed by atoms with Crippen LogP contribution in [0.5, 0.6) is 0 Å². The molecular weight excluding hydrogens is 180 g/mol. The molecule has 12 heavy (non-hydrogen) atoms. The number of rotatable bonds is 5. The van der Waals surface area contributed by atoms with Crippen LogP contribution in [0.3, 0.4) is 0 Å². The van der Waals surface area contributed by atoms with Gasteiger partial charge in [0, 0.05) is 19.5 Å². The van der Waals surface area contributed by atoms with E-state index in [9.17, 15) is 13.2 Å². The lowest BCUT2D eigenvalue weighted by molar-refractivity contribution is -0.121. The van der Waals surface area contributed by atoms with Crippen LogP contribution in [0.15, 0.2) is 0 Å². The summed E-state index contributed by atoms with van der Waals surface area (Å²) in [5.41, 5.74) is 4.99. The Morgan fingerprint density at radius 3 is 2.42 bits per heavy atom. The van der Waals surface area contributed by atoms with E-state index in [4.69, 9.17) is 5.73 Å². The van der Waals surface area contributed by atoms with Crippen molar-refractivity contribution in [3.8, 4) is 0 Å². The highest BCUT2D eigenvalue weighted by Gasteiger charge is 2.09. The van der Waals surface area contributed by atoms with Gasteiger partial charge in [0.05, 0.1) is 0 Å². The molecule has 0 bridgehead atoms. The summed E-state index contributed by atoms with van der Waals surface area (Å²) in [5, 5.41) is 0. The molecule has 0 aromatic carbocycles. The lowest BCUT2D eigenvalue weighted by Crippen LogP contribution is -2.26. The summed E-state index contributed by atoms with van der Waals surface area (Å²) >= 11 is 0. The zero-order chi connectivity index (χ0) is 9.72. The molecular formula is C6H14N2O3S. The average Bonchev–Trinajstić information content (AvgIpc) is 1.98. The summed E-state index contributed by atoms with van der Waals surface area (Å²) in [6.07, 6.45) is 0.467. The molecule has 0 radical (unpaired) electrons. The van der Waals surface area contributed by atoms with E-state index in [-0.39, 0.29) is 5.92 Å². The molecule has 0 heterocycles. The first-order valence-corrected chi connectivity index (χ1v) is 4.73. The number of amides is 1. The number of carbonyl (C=O) groups is 1. The van der Waals surface area contributed by atoms with E-state index in [1.807, 2.05) is 0 Å². The Balaban J connectivity index is 3.76. The van der Waals surface area contributed by atoms with Crippen molar-refractivity contribution in [3.63, 3.8) is 0 Å². The van der Waals surface area contributed by atoms with Crippen molar-refractivity contribution in [2.24, 2.45) is 11.7 Å². The van der Waals surface area contributed by atoms with Gasteiger partial charge in [-0.1, -0.05) is 6.92 Å². The summed E-state index contributed by atoms with van der Waals surface area (Å²) in [5.74, 6) is -0.674. The second-order valence-electron chi connectivity index (χ2n) is 2.71. The van der Waals surface area contributed by atoms with Gasteiger partial charge >= 0.3 is 0 Å². The van der Waals surface area contributed by atoms with Crippen LogP contribution in [-0.4, -0.2) is 32.2 Å². The fraction of sp³-hybridized carbons (Fsp3) is 0.833. The summed E-state index contributed by atoms with van der Waals surface area (Å²) in [7, 11) is -1.07. The maximum absolute atomic E-state index is 10.5. The molecule has 1 unspecified atom stereocenters. The lowest BCUT2D eigenvalue weighted by atomic mass is 10.1. The molecule has 0 aliphatic heterocycles. The predicted octanol–water partition coefficient (Wildman–Crippen LogP) is -1.04. The molecule has 5 nitrogen and oxygen atoms in total. The molecule has 0 aliphatic carbocycles. The smallest absolute Gasteiger partial charge is 0.220 e. The number of hydrogen-bond donors (Lipinski definition) is 2. The van der Waals surface area contributed by atoms with Gasteiger partial charge in [-0.05, 0) is 6.42 Å². The van der Waals surface area contributed by atoms with Crippen molar-refractivity contribution in [2.75, 3.05) is 13.6 Å². The van der Waals surface area contributed by atoms with Gasteiger partial charge in [0.25, 0.3) is 0 Å². The Bertz CT molecular complexity index is 219.